The number of ether oxygens (including phenoxy) is 4. The zero-order valence-electron chi connectivity index (χ0n) is 15.9. The van der Waals surface area contributed by atoms with Gasteiger partial charge in [0.05, 0.1) is 37.2 Å². The molecule has 3 heterocycles. The van der Waals surface area contributed by atoms with Gasteiger partial charge in [-0.25, -0.2) is 0 Å². The van der Waals surface area contributed by atoms with Gasteiger partial charge in [0.2, 0.25) is 6.79 Å². The summed E-state index contributed by atoms with van der Waals surface area (Å²) in [5, 5.41) is 12.3. The quantitative estimate of drug-likeness (QED) is 0.532. The van der Waals surface area contributed by atoms with Crippen molar-refractivity contribution in [3.8, 4) is 23.0 Å². The summed E-state index contributed by atoms with van der Waals surface area (Å²) in [5.74, 6) is 2.20. The molecule has 0 aliphatic carbocycles. The molecule has 4 aromatic rings. The molecule has 0 fully saturated rings. The number of methoxy groups -OCH3 is 2. The number of aliphatic hydroxyl groups is 1. The lowest BCUT2D eigenvalue weighted by atomic mass is 10.0. The summed E-state index contributed by atoms with van der Waals surface area (Å²) in [5.41, 5.74) is 1.12. The minimum Gasteiger partial charge on any atom is -0.493 e. The van der Waals surface area contributed by atoms with Crippen molar-refractivity contribution in [1.29, 1.82) is 0 Å². The summed E-state index contributed by atoms with van der Waals surface area (Å²) in [6.07, 6.45) is 1.72. The highest BCUT2D eigenvalue weighted by Gasteiger charge is 2.20. The lowest BCUT2D eigenvalue weighted by Crippen LogP contribution is -2.23. The summed E-state index contributed by atoms with van der Waals surface area (Å²) < 4.78 is 23.3. The highest BCUT2D eigenvalue weighted by atomic mass is 16.7. The van der Waals surface area contributed by atoms with Gasteiger partial charge in [0.25, 0.3) is 5.56 Å². The van der Waals surface area contributed by atoms with Gasteiger partial charge in [0.15, 0.2) is 23.0 Å². The van der Waals surface area contributed by atoms with Crippen LogP contribution in [-0.2, 0) is 6.54 Å². The summed E-state index contributed by atoms with van der Waals surface area (Å²) in [7, 11) is 3.07. The summed E-state index contributed by atoms with van der Waals surface area (Å²) >= 11 is 0. The van der Waals surface area contributed by atoms with E-state index in [1.807, 2.05) is 6.07 Å². The van der Waals surface area contributed by atoms with Crippen molar-refractivity contribution >= 4 is 32.6 Å². The molecule has 1 N–H and O–H groups in total. The van der Waals surface area contributed by atoms with E-state index < -0.39 is 0 Å². The molecule has 0 saturated heterocycles. The van der Waals surface area contributed by atoms with Crippen LogP contribution in [0.3, 0.4) is 0 Å². The Morgan fingerprint density at radius 3 is 2.38 bits per heavy atom. The molecule has 2 aromatic carbocycles. The van der Waals surface area contributed by atoms with Gasteiger partial charge in [0.1, 0.15) is 0 Å². The zero-order valence-corrected chi connectivity index (χ0v) is 15.9. The maximum atomic E-state index is 13.4. The molecule has 0 unspecified atom stereocenters. The van der Waals surface area contributed by atoms with Crippen LogP contribution in [0.25, 0.3) is 32.6 Å². The normalized spacial score (nSPS) is 12.8. The standard InChI is InChI=1S/C21H18N2O6/c1-26-16-5-11-12(6-17(16)27-2)21(25)23(3-4-24)20-13-7-18-19(29-10-28-18)8-15(13)22-9-14(11)20/h5-9,24H,3-4,10H2,1-2H3. The predicted octanol–water partition coefficient (Wildman–Crippen LogP) is 2.44. The zero-order chi connectivity index (χ0) is 20.1. The molecule has 8 heteroatoms. The molecule has 5 rings (SSSR count). The Kier molecular flexibility index (Phi) is 3.95. The third-order valence-electron chi connectivity index (χ3n) is 5.22. The minimum absolute atomic E-state index is 0.146. The van der Waals surface area contributed by atoms with Crippen molar-refractivity contribution < 1.29 is 24.1 Å². The first-order valence-electron chi connectivity index (χ1n) is 9.07. The van der Waals surface area contributed by atoms with E-state index in [0.29, 0.717) is 44.8 Å². The molecule has 0 amide bonds. The molecule has 0 saturated carbocycles. The van der Waals surface area contributed by atoms with E-state index in [2.05, 4.69) is 4.98 Å². The maximum absolute atomic E-state index is 13.4. The Hall–Kier alpha value is -3.52. The molecular weight excluding hydrogens is 376 g/mol. The molecule has 0 spiro atoms. The molecule has 1 aliphatic heterocycles. The first kappa shape index (κ1) is 17.6. The number of hydrogen-bond acceptors (Lipinski definition) is 7. The number of nitrogens with zero attached hydrogens (tertiary/aromatic N) is 2. The number of aliphatic hydroxyl groups excluding tert-OH is 1. The Bertz CT molecular complexity index is 1340. The summed E-state index contributed by atoms with van der Waals surface area (Å²) in [4.78, 5) is 17.9. The van der Waals surface area contributed by atoms with E-state index in [1.54, 1.807) is 36.1 Å². The second-order valence-corrected chi connectivity index (χ2v) is 6.68. The number of aromatic nitrogens is 2. The van der Waals surface area contributed by atoms with Crippen LogP contribution in [0, 0.1) is 0 Å². The van der Waals surface area contributed by atoms with Crippen LogP contribution in [0.5, 0.6) is 23.0 Å². The molecular formula is C21H18N2O6. The number of pyridine rings is 2. The van der Waals surface area contributed by atoms with Crippen LogP contribution in [0.2, 0.25) is 0 Å². The Balaban J connectivity index is 2.00. The second-order valence-electron chi connectivity index (χ2n) is 6.68. The number of benzene rings is 2. The first-order chi connectivity index (χ1) is 14.2. The number of fused-ring (bicyclic) bond motifs is 6. The lowest BCUT2D eigenvalue weighted by molar-refractivity contribution is 0.174. The number of hydrogen-bond donors (Lipinski definition) is 1. The van der Waals surface area contributed by atoms with Crippen molar-refractivity contribution in [3.63, 3.8) is 0 Å². The van der Waals surface area contributed by atoms with Crippen LogP contribution >= 0.6 is 0 Å². The highest BCUT2D eigenvalue weighted by Crippen LogP contribution is 2.40. The van der Waals surface area contributed by atoms with E-state index in [-0.39, 0.29) is 25.5 Å². The monoisotopic (exact) mass is 394 g/mol. The van der Waals surface area contributed by atoms with Crippen LogP contribution in [0.1, 0.15) is 0 Å². The smallest absolute Gasteiger partial charge is 0.259 e. The van der Waals surface area contributed by atoms with Crippen molar-refractivity contribution in [2.45, 2.75) is 6.54 Å². The van der Waals surface area contributed by atoms with Crippen molar-refractivity contribution in [2.75, 3.05) is 27.6 Å². The molecule has 1 aliphatic rings. The van der Waals surface area contributed by atoms with Crippen molar-refractivity contribution in [1.82, 2.24) is 9.55 Å². The van der Waals surface area contributed by atoms with Gasteiger partial charge >= 0.3 is 0 Å². The predicted molar refractivity (Wildman–Crippen MR) is 107 cm³/mol. The molecule has 2 aromatic heterocycles. The van der Waals surface area contributed by atoms with Gasteiger partial charge in [-0.3, -0.25) is 9.78 Å². The SMILES string of the molecule is COc1cc2c(=O)n(CCO)c3c4cc5c(cc4ncc3c2cc1OC)OCO5. The van der Waals surface area contributed by atoms with Crippen LogP contribution in [0.15, 0.2) is 35.3 Å². The first-order valence-corrected chi connectivity index (χ1v) is 9.07. The molecule has 0 atom stereocenters. The topological polar surface area (TPSA) is 92.0 Å². The average molecular weight is 394 g/mol. The third kappa shape index (κ3) is 2.49. The maximum Gasteiger partial charge on any atom is 0.259 e. The fourth-order valence-electron chi connectivity index (χ4n) is 3.89. The van der Waals surface area contributed by atoms with Gasteiger partial charge in [0, 0.05) is 35.0 Å². The molecule has 148 valence electrons. The van der Waals surface area contributed by atoms with Crippen LogP contribution < -0.4 is 24.5 Å². The van der Waals surface area contributed by atoms with Gasteiger partial charge < -0.3 is 28.6 Å². The number of rotatable bonds is 4. The van der Waals surface area contributed by atoms with Crippen LogP contribution in [-0.4, -0.2) is 42.3 Å². The fourth-order valence-corrected chi connectivity index (χ4v) is 3.89. The van der Waals surface area contributed by atoms with Crippen LogP contribution in [0.4, 0.5) is 0 Å². The molecule has 0 radical (unpaired) electrons. The molecule has 8 nitrogen and oxygen atoms in total. The van der Waals surface area contributed by atoms with Gasteiger partial charge in [-0.05, 0) is 18.2 Å². The second kappa shape index (κ2) is 6.52. The largest absolute Gasteiger partial charge is 0.493 e. The van der Waals surface area contributed by atoms with E-state index in [4.69, 9.17) is 18.9 Å². The molecule has 0 bridgehead atoms. The van der Waals surface area contributed by atoms with Crippen molar-refractivity contribution in [3.05, 3.63) is 40.8 Å². The summed E-state index contributed by atoms with van der Waals surface area (Å²) in [6.45, 7) is 0.113. The van der Waals surface area contributed by atoms with Gasteiger partial charge in [-0.1, -0.05) is 0 Å². The Labute approximate surface area is 164 Å². The summed E-state index contributed by atoms with van der Waals surface area (Å²) in [6, 6.07) is 7.06. The third-order valence-corrected chi connectivity index (χ3v) is 5.22. The van der Waals surface area contributed by atoms with Gasteiger partial charge in [-0.2, -0.15) is 0 Å². The van der Waals surface area contributed by atoms with E-state index in [1.165, 1.54) is 7.11 Å². The Morgan fingerprint density at radius 2 is 1.69 bits per heavy atom. The average Bonchev–Trinajstić information content (AvgIpc) is 3.21. The fraction of sp³-hybridized carbons (Fsp3) is 0.238. The lowest BCUT2D eigenvalue weighted by Gasteiger charge is -2.16. The van der Waals surface area contributed by atoms with Gasteiger partial charge in [-0.15, -0.1) is 0 Å². The van der Waals surface area contributed by atoms with E-state index in [0.717, 1.165) is 10.8 Å². The van der Waals surface area contributed by atoms with Crippen molar-refractivity contribution in [2.24, 2.45) is 0 Å². The highest BCUT2D eigenvalue weighted by molar-refractivity contribution is 6.15. The minimum atomic E-state index is -0.229. The van der Waals surface area contributed by atoms with E-state index >= 15 is 0 Å². The van der Waals surface area contributed by atoms with E-state index in [9.17, 15) is 9.90 Å². The molecule has 29 heavy (non-hydrogen) atoms. The Morgan fingerprint density at radius 1 is 1.00 bits per heavy atom.